The highest BCUT2D eigenvalue weighted by Gasteiger charge is 2.19. The van der Waals surface area contributed by atoms with Crippen LogP contribution in [0.4, 0.5) is 0 Å². The summed E-state index contributed by atoms with van der Waals surface area (Å²) in [6.07, 6.45) is 2.08. The standard InChI is InChI=1S/C16H21ClN2O/c1-3-8-19(9-4-2)16(20)11-14(12-18)13-6-5-7-15(17)10-13/h5-7,10,14H,3-4,8-9,11H2,1-2H3. The van der Waals surface area contributed by atoms with E-state index in [9.17, 15) is 10.1 Å². The lowest BCUT2D eigenvalue weighted by Gasteiger charge is -2.22. The van der Waals surface area contributed by atoms with Crippen LogP contribution in [-0.4, -0.2) is 23.9 Å². The number of carbonyl (C=O) groups is 1. The van der Waals surface area contributed by atoms with Crippen LogP contribution < -0.4 is 0 Å². The zero-order chi connectivity index (χ0) is 15.0. The number of rotatable bonds is 7. The van der Waals surface area contributed by atoms with E-state index in [1.807, 2.05) is 17.0 Å². The zero-order valence-electron chi connectivity index (χ0n) is 12.1. The van der Waals surface area contributed by atoms with Gasteiger partial charge in [0.2, 0.25) is 5.91 Å². The van der Waals surface area contributed by atoms with Gasteiger partial charge in [-0.15, -0.1) is 0 Å². The number of carbonyl (C=O) groups excluding carboxylic acids is 1. The zero-order valence-corrected chi connectivity index (χ0v) is 12.9. The van der Waals surface area contributed by atoms with Crippen LogP contribution in [0.15, 0.2) is 24.3 Å². The first-order chi connectivity index (χ1) is 9.62. The molecule has 0 saturated heterocycles. The first kappa shape index (κ1) is 16.5. The molecule has 1 atom stereocenters. The Hall–Kier alpha value is -1.53. The number of hydrogen-bond donors (Lipinski definition) is 0. The number of halogens is 1. The van der Waals surface area contributed by atoms with Gasteiger partial charge in [0.15, 0.2) is 0 Å². The van der Waals surface area contributed by atoms with Crippen LogP contribution in [0, 0.1) is 11.3 Å². The summed E-state index contributed by atoms with van der Waals surface area (Å²) in [7, 11) is 0. The minimum atomic E-state index is -0.433. The molecule has 0 aliphatic carbocycles. The van der Waals surface area contributed by atoms with Gasteiger partial charge >= 0.3 is 0 Å². The van der Waals surface area contributed by atoms with Gasteiger partial charge < -0.3 is 4.90 Å². The molecule has 0 aromatic heterocycles. The molecule has 0 heterocycles. The molecule has 1 rings (SSSR count). The Balaban J connectivity index is 2.77. The molecule has 4 heteroatoms. The van der Waals surface area contributed by atoms with Gasteiger partial charge in [-0.25, -0.2) is 0 Å². The number of nitriles is 1. The van der Waals surface area contributed by atoms with E-state index in [1.54, 1.807) is 12.1 Å². The van der Waals surface area contributed by atoms with Crippen LogP contribution in [0.3, 0.4) is 0 Å². The molecule has 0 aliphatic rings. The second kappa shape index (κ2) is 8.60. The average Bonchev–Trinajstić information content (AvgIpc) is 2.44. The summed E-state index contributed by atoms with van der Waals surface area (Å²) in [4.78, 5) is 14.1. The van der Waals surface area contributed by atoms with E-state index in [0.29, 0.717) is 5.02 Å². The van der Waals surface area contributed by atoms with E-state index in [2.05, 4.69) is 19.9 Å². The van der Waals surface area contributed by atoms with Gasteiger partial charge in [-0.2, -0.15) is 5.26 Å². The minimum absolute atomic E-state index is 0.0419. The van der Waals surface area contributed by atoms with Crippen LogP contribution in [0.25, 0.3) is 0 Å². The minimum Gasteiger partial charge on any atom is -0.343 e. The lowest BCUT2D eigenvalue weighted by atomic mass is 9.96. The molecule has 3 nitrogen and oxygen atoms in total. The van der Waals surface area contributed by atoms with E-state index < -0.39 is 5.92 Å². The van der Waals surface area contributed by atoms with E-state index >= 15 is 0 Å². The number of nitrogens with zero attached hydrogens (tertiary/aromatic N) is 2. The molecule has 0 aliphatic heterocycles. The third-order valence-corrected chi connectivity index (χ3v) is 3.36. The number of benzene rings is 1. The van der Waals surface area contributed by atoms with Crippen molar-refractivity contribution >= 4 is 17.5 Å². The molecule has 0 radical (unpaired) electrons. The van der Waals surface area contributed by atoms with E-state index in [1.165, 1.54) is 0 Å². The van der Waals surface area contributed by atoms with Crippen molar-refractivity contribution in [1.82, 2.24) is 4.90 Å². The Kier molecular flexibility index (Phi) is 7.11. The molecule has 0 saturated carbocycles. The fourth-order valence-corrected chi connectivity index (χ4v) is 2.36. The lowest BCUT2D eigenvalue weighted by molar-refractivity contribution is -0.131. The molecule has 1 amide bonds. The van der Waals surface area contributed by atoms with Gasteiger partial charge in [0, 0.05) is 24.5 Å². The molecule has 1 unspecified atom stereocenters. The Bertz CT molecular complexity index is 476. The normalized spacial score (nSPS) is 11.7. The summed E-state index contributed by atoms with van der Waals surface area (Å²) >= 11 is 5.94. The van der Waals surface area contributed by atoms with E-state index in [-0.39, 0.29) is 12.3 Å². The molecule has 0 N–H and O–H groups in total. The lowest BCUT2D eigenvalue weighted by Crippen LogP contribution is -2.33. The van der Waals surface area contributed by atoms with Gasteiger partial charge in [0.1, 0.15) is 0 Å². The highest BCUT2D eigenvalue weighted by molar-refractivity contribution is 6.30. The van der Waals surface area contributed by atoms with Gasteiger partial charge in [0.05, 0.1) is 12.0 Å². The second-order valence-electron chi connectivity index (χ2n) is 4.82. The van der Waals surface area contributed by atoms with Crippen molar-refractivity contribution in [2.45, 2.75) is 39.0 Å². The van der Waals surface area contributed by atoms with Crippen molar-refractivity contribution in [2.24, 2.45) is 0 Å². The van der Waals surface area contributed by atoms with Gasteiger partial charge in [-0.3, -0.25) is 4.79 Å². The van der Waals surface area contributed by atoms with Crippen molar-refractivity contribution in [3.8, 4) is 6.07 Å². The van der Waals surface area contributed by atoms with E-state index in [0.717, 1.165) is 31.5 Å². The highest BCUT2D eigenvalue weighted by atomic mass is 35.5. The molecule has 1 aromatic carbocycles. The first-order valence-corrected chi connectivity index (χ1v) is 7.43. The summed E-state index contributed by atoms with van der Waals surface area (Å²) in [5.74, 6) is -0.391. The Morgan fingerprint density at radius 3 is 2.50 bits per heavy atom. The summed E-state index contributed by atoms with van der Waals surface area (Å²) < 4.78 is 0. The molecule has 0 bridgehead atoms. The predicted octanol–water partition coefficient (Wildman–Crippen LogP) is 3.99. The van der Waals surface area contributed by atoms with Crippen molar-refractivity contribution in [3.05, 3.63) is 34.9 Å². The third kappa shape index (κ3) is 4.86. The number of amides is 1. The van der Waals surface area contributed by atoms with E-state index in [4.69, 9.17) is 11.6 Å². The first-order valence-electron chi connectivity index (χ1n) is 7.05. The Labute approximate surface area is 126 Å². The quantitative estimate of drug-likeness (QED) is 0.763. The Morgan fingerprint density at radius 1 is 1.35 bits per heavy atom. The molecular weight excluding hydrogens is 272 g/mol. The summed E-state index contributed by atoms with van der Waals surface area (Å²) in [6, 6.07) is 9.38. The number of hydrogen-bond acceptors (Lipinski definition) is 2. The SMILES string of the molecule is CCCN(CCC)C(=O)CC(C#N)c1cccc(Cl)c1. The predicted molar refractivity (Wildman–Crippen MR) is 81.6 cm³/mol. The molecule has 0 spiro atoms. The van der Waals surface area contributed by atoms with Crippen LogP contribution in [0.2, 0.25) is 5.02 Å². The van der Waals surface area contributed by atoms with Crippen molar-refractivity contribution < 1.29 is 4.79 Å². The molecule has 108 valence electrons. The molecule has 20 heavy (non-hydrogen) atoms. The molecule has 0 fully saturated rings. The van der Waals surface area contributed by atoms with Crippen molar-refractivity contribution in [2.75, 3.05) is 13.1 Å². The Morgan fingerprint density at radius 2 is 2.00 bits per heavy atom. The maximum absolute atomic E-state index is 12.3. The monoisotopic (exact) mass is 292 g/mol. The van der Waals surface area contributed by atoms with Crippen molar-refractivity contribution in [1.29, 1.82) is 5.26 Å². The summed E-state index contributed by atoms with van der Waals surface area (Å²) in [6.45, 7) is 5.60. The average molecular weight is 293 g/mol. The fraction of sp³-hybridized carbons (Fsp3) is 0.500. The van der Waals surface area contributed by atoms with Gasteiger partial charge in [-0.05, 0) is 30.5 Å². The van der Waals surface area contributed by atoms with Gasteiger partial charge in [-0.1, -0.05) is 37.6 Å². The van der Waals surface area contributed by atoms with Gasteiger partial charge in [0.25, 0.3) is 0 Å². The second-order valence-corrected chi connectivity index (χ2v) is 5.26. The van der Waals surface area contributed by atoms with Crippen LogP contribution in [0.5, 0.6) is 0 Å². The summed E-state index contributed by atoms with van der Waals surface area (Å²) in [5, 5.41) is 9.89. The molecule has 1 aromatic rings. The largest absolute Gasteiger partial charge is 0.343 e. The maximum atomic E-state index is 12.3. The topological polar surface area (TPSA) is 44.1 Å². The van der Waals surface area contributed by atoms with Crippen LogP contribution >= 0.6 is 11.6 Å². The van der Waals surface area contributed by atoms with Crippen LogP contribution in [-0.2, 0) is 4.79 Å². The smallest absolute Gasteiger partial charge is 0.224 e. The molecular formula is C16H21ClN2O. The van der Waals surface area contributed by atoms with Crippen molar-refractivity contribution in [3.63, 3.8) is 0 Å². The highest BCUT2D eigenvalue weighted by Crippen LogP contribution is 2.23. The van der Waals surface area contributed by atoms with Crippen LogP contribution in [0.1, 0.15) is 44.6 Å². The maximum Gasteiger partial charge on any atom is 0.224 e. The third-order valence-electron chi connectivity index (χ3n) is 3.13. The summed E-state index contributed by atoms with van der Waals surface area (Å²) in [5.41, 5.74) is 0.807. The fourth-order valence-electron chi connectivity index (χ4n) is 2.17.